The molecule has 4 nitrogen and oxygen atoms in total. The Morgan fingerprint density at radius 3 is 2.40 bits per heavy atom. The molecule has 0 saturated carbocycles. The van der Waals surface area contributed by atoms with Crippen LogP contribution < -0.4 is 16.2 Å². The van der Waals surface area contributed by atoms with Crippen molar-refractivity contribution in [1.82, 2.24) is 0 Å². The van der Waals surface area contributed by atoms with Gasteiger partial charge in [0.05, 0.1) is 6.54 Å². The van der Waals surface area contributed by atoms with Gasteiger partial charge in [-0.25, -0.2) is 0 Å². The number of nitrogens with zero attached hydrogens (tertiary/aromatic N) is 1. The van der Waals surface area contributed by atoms with E-state index in [2.05, 4.69) is 4.99 Å². The van der Waals surface area contributed by atoms with E-state index in [1.54, 1.807) is 0 Å². The second-order valence-electron chi connectivity index (χ2n) is 3.38. The zero-order valence-electron chi connectivity index (χ0n) is 9.16. The first kappa shape index (κ1) is 11.4. The van der Waals surface area contributed by atoms with Crippen LogP contribution in [0.3, 0.4) is 0 Å². The molecule has 0 atom stereocenters. The van der Waals surface area contributed by atoms with Crippen LogP contribution in [0.15, 0.2) is 23.2 Å². The molecule has 82 valence electrons. The summed E-state index contributed by atoms with van der Waals surface area (Å²) < 4.78 is 5.60. The Kier molecular flexibility index (Phi) is 3.97. The summed E-state index contributed by atoms with van der Waals surface area (Å²) in [7, 11) is 0. The zero-order valence-corrected chi connectivity index (χ0v) is 9.16. The van der Waals surface area contributed by atoms with Crippen LogP contribution in [0.4, 0.5) is 0 Å². The highest BCUT2D eigenvalue weighted by atomic mass is 16.5. The van der Waals surface area contributed by atoms with Crippen LogP contribution in [-0.4, -0.2) is 19.1 Å². The van der Waals surface area contributed by atoms with E-state index in [0.717, 1.165) is 16.9 Å². The molecule has 0 bridgehead atoms. The predicted octanol–water partition coefficient (Wildman–Crippen LogP) is 0.956. The van der Waals surface area contributed by atoms with E-state index in [1.807, 2.05) is 32.0 Å². The second kappa shape index (κ2) is 5.24. The SMILES string of the molecule is Cc1cccc(C)c1OCCN=C(N)N. The molecule has 0 unspecified atom stereocenters. The molecule has 0 aromatic heterocycles. The monoisotopic (exact) mass is 207 g/mol. The van der Waals surface area contributed by atoms with Gasteiger partial charge in [0.1, 0.15) is 12.4 Å². The Balaban J connectivity index is 2.54. The molecule has 0 aliphatic heterocycles. The van der Waals surface area contributed by atoms with Crippen molar-refractivity contribution in [3.05, 3.63) is 29.3 Å². The number of hydrogen-bond acceptors (Lipinski definition) is 2. The van der Waals surface area contributed by atoms with Crippen LogP contribution in [0.25, 0.3) is 0 Å². The molecule has 1 aromatic carbocycles. The fourth-order valence-corrected chi connectivity index (χ4v) is 1.35. The fraction of sp³-hybridized carbons (Fsp3) is 0.364. The van der Waals surface area contributed by atoms with Gasteiger partial charge >= 0.3 is 0 Å². The van der Waals surface area contributed by atoms with E-state index in [-0.39, 0.29) is 5.96 Å². The average molecular weight is 207 g/mol. The molecule has 15 heavy (non-hydrogen) atoms. The van der Waals surface area contributed by atoms with Crippen molar-refractivity contribution in [3.63, 3.8) is 0 Å². The van der Waals surface area contributed by atoms with Crippen LogP contribution >= 0.6 is 0 Å². The van der Waals surface area contributed by atoms with Gasteiger partial charge < -0.3 is 16.2 Å². The maximum absolute atomic E-state index is 5.60. The minimum atomic E-state index is 0.0973. The number of para-hydroxylation sites is 1. The molecule has 0 fully saturated rings. The van der Waals surface area contributed by atoms with Gasteiger partial charge in [-0.05, 0) is 25.0 Å². The first-order valence-corrected chi connectivity index (χ1v) is 4.85. The van der Waals surface area contributed by atoms with E-state index in [9.17, 15) is 0 Å². The van der Waals surface area contributed by atoms with Crippen molar-refractivity contribution in [3.8, 4) is 5.75 Å². The first-order chi connectivity index (χ1) is 7.11. The molecule has 0 aliphatic rings. The summed E-state index contributed by atoms with van der Waals surface area (Å²) in [5.41, 5.74) is 12.7. The quantitative estimate of drug-likeness (QED) is 0.438. The van der Waals surface area contributed by atoms with Gasteiger partial charge in [-0.3, -0.25) is 4.99 Å². The van der Waals surface area contributed by atoms with E-state index in [0.29, 0.717) is 13.2 Å². The van der Waals surface area contributed by atoms with Crippen LogP contribution in [0.5, 0.6) is 5.75 Å². The highest BCUT2D eigenvalue weighted by molar-refractivity contribution is 5.75. The molecular weight excluding hydrogens is 190 g/mol. The van der Waals surface area contributed by atoms with E-state index >= 15 is 0 Å². The molecule has 1 aromatic rings. The summed E-state index contributed by atoms with van der Waals surface area (Å²) in [6, 6.07) is 6.04. The number of hydrogen-bond donors (Lipinski definition) is 2. The fourth-order valence-electron chi connectivity index (χ4n) is 1.35. The lowest BCUT2D eigenvalue weighted by Gasteiger charge is -2.10. The summed E-state index contributed by atoms with van der Waals surface area (Å²) in [6.45, 7) is 5.01. The normalized spacial score (nSPS) is 9.73. The van der Waals surface area contributed by atoms with Crippen LogP contribution in [0.2, 0.25) is 0 Å². The zero-order chi connectivity index (χ0) is 11.3. The minimum Gasteiger partial charge on any atom is -0.491 e. The predicted molar refractivity (Wildman–Crippen MR) is 62.1 cm³/mol. The number of benzene rings is 1. The number of guanidine groups is 1. The molecule has 1 rings (SSSR count). The number of nitrogens with two attached hydrogens (primary N) is 2. The third kappa shape index (κ3) is 3.50. The maximum atomic E-state index is 5.60. The Morgan fingerprint density at radius 1 is 1.27 bits per heavy atom. The number of aryl methyl sites for hydroxylation is 2. The average Bonchev–Trinajstić information content (AvgIpc) is 2.15. The Labute approximate surface area is 89.9 Å². The van der Waals surface area contributed by atoms with Gasteiger partial charge in [0.25, 0.3) is 0 Å². The van der Waals surface area contributed by atoms with Crippen molar-refractivity contribution in [2.75, 3.05) is 13.2 Å². The highest BCUT2D eigenvalue weighted by Crippen LogP contribution is 2.21. The van der Waals surface area contributed by atoms with Crippen LogP contribution in [0.1, 0.15) is 11.1 Å². The van der Waals surface area contributed by atoms with E-state index < -0.39 is 0 Å². The lowest BCUT2D eigenvalue weighted by Crippen LogP contribution is -2.23. The lowest BCUT2D eigenvalue weighted by atomic mass is 10.1. The molecule has 0 spiro atoms. The number of ether oxygens (including phenoxy) is 1. The third-order valence-electron chi connectivity index (χ3n) is 2.04. The largest absolute Gasteiger partial charge is 0.491 e. The van der Waals surface area contributed by atoms with Gasteiger partial charge in [-0.15, -0.1) is 0 Å². The summed E-state index contributed by atoms with van der Waals surface area (Å²) in [6.07, 6.45) is 0. The van der Waals surface area contributed by atoms with Crippen molar-refractivity contribution in [2.45, 2.75) is 13.8 Å². The van der Waals surface area contributed by atoms with Crippen molar-refractivity contribution in [1.29, 1.82) is 0 Å². The van der Waals surface area contributed by atoms with Gasteiger partial charge in [-0.1, -0.05) is 18.2 Å². The lowest BCUT2D eigenvalue weighted by molar-refractivity contribution is 0.324. The highest BCUT2D eigenvalue weighted by Gasteiger charge is 2.01. The first-order valence-electron chi connectivity index (χ1n) is 4.85. The molecule has 4 N–H and O–H groups in total. The van der Waals surface area contributed by atoms with Gasteiger partial charge in [0, 0.05) is 0 Å². The van der Waals surface area contributed by atoms with Crippen LogP contribution in [0, 0.1) is 13.8 Å². The van der Waals surface area contributed by atoms with Crippen molar-refractivity contribution >= 4 is 5.96 Å². The van der Waals surface area contributed by atoms with E-state index in [4.69, 9.17) is 16.2 Å². The van der Waals surface area contributed by atoms with Crippen LogP contribution in [-0.2, 0) is 0 Å². The molecule has 0 amide bonds. The van der Waals surface area contributed by atoms with Gasteiger partial charge in [0.2, 0.25) is 0 Å². The number of aliphatic imine (C=N–C) groups is 1. The summed E-state index contributed by atoms with van der Waals surface area (Å²) in [4.78, 5) is 3.85. The topological polar surface area (TPSA) is 73.6 Å². The number of rotatable bonds is 4. The second-order valence-corrected chi connectivity index (χ2v) is 3.38. The molecular formula is C11H17N3O. The Hall–Kier alpha value is -1.71. The Morgan fingerprint density at radius 2 is 1.87 bits per heavy atom. The summed E-state index contributed by atoms with van der Waals surface area (Å²) >= 11 is 0. The Bertz CT molecular complexity index is 337. The minimum absolute atomic E-state index is 0.0973. The van der Waals surface area contributed by atoms with Gasteiger partial charge in [0.15, 0.2) is 5.96 Å². The van der Waals surface area contributed by atoms with Gasteiger partial charge in [-0.2, -0.15) is 0 Å². The third-order valence-corrected chi connectivity index (χ3v) is 2.04. The van der Waals surface area contributed by atoms with E-state index in [1.165, 1.54) is 0 Å². The standard InChI is InChI=1S/C11H17N3O/c1-8-4-3-5-9(2)10(8)15-7-6-14-11(12)13/h3-5H,6-7H2,1-2H3,(H4,12,13,14). The molecule has 0 radical (unpaired) electrons. The molecule has 0 saturated heterocycles. The molecule has 0 heterocycles. The summed E-state index contributed by atoms with van der Waals surface area (Å²) in [5.74, 6) is 1.02. The molecule has 0 aliphatic carbocycles. The molecule has 4 heteroatoms. The summed E-state index contributed by atoms with van der Waals surface area (Å²) in [5, 5.41) is 0. The maximum Gasteiger partial charge on any atom is 0.186 e. The van der Waals surface area contributed by atoms with Crippen molar-refractivity contribution < 1.29 is 4.74 Å². The smallest absolute Gasteiger partial charge is 0.186 e. The van der Waals surface area contributed by atoms with Crippen molar-refractivity contribution in [2.24, 2.45) is 16.5 Å².